The number of nitrogens with one attached hydrogen (secondary N) is 2. The standard InChI is InChI=1S/C17H27FN4.HI/c1-13(2)22(16-7-8-16)10-9-20-17(19-3)21-12-14-5-4-6-15(18)11-14;/h4-6,11,13,16H,7-10,12H2,1-3H3,(H2,19,20,21);1H. The molecule has 23 heavy (non-hydrogen) atoms. The van der Waals surface area contributed by atoms with Crippen LogP contribution in [0.2, 0.25) is 0 Å². The molecule has 4 nitrogen and oxygen atoms in total. The fourth-order valence-corrected chi connectivity index (χ4v) is 2.63. The van der Waals surface area contributed by atoms with E-state index >= 15 is 0 Å². The van der Waals surface area contributed by atoms with E-state index < -0.39 is 0 Å². The molecule has 1 aliphatic carbocycles. The molecular formula is C17H28FIN4. The number of guanidine groups is 1. The van der Waals surface area contributed by atoms with Gasteiger partial charge >= 0.3 is 0 Å². The molecule has 1 aromatic rings. The van der Waals surface area contributed by atoms with Crippen molar-refractivity contribution in [3.05, 3.63) is 35.6 Å². The third kappa shape index (κ3) is 7.03. The van der Waals surface area contributed by atoms with Crippen LogP contribution in [-0.4, -0.2) is 43.1 Å². The molecule has 0 heterocycles. The van der Waals surface area contributed by atoms with E-state index in [9.17, 15) is 4.39 Å². The molecule has 130 valence electrons. The summed E-state index contributed by atoms with van der Waals surface area (Å²) in [7, 11) is 1.75. The summed E-state index contributed by atoms with van der Waals surface area (Å²) in [6, 6.07) is 7.96. The highest BCUT2D eigenvalue weighted by Gasteiger charge is 2.29. The van der Waals surface area contributed by atoms with E-state index in [-0.39, 0.29) is 29.8 Å². The number of benzene rings is 1. The Balaban J connectivity index is 0.00000264. The molecule has 0 saturated heterocycles. The molecule has 2 rings (SSSR count). The summed E-state index contributed by atoms with van der Waals surface area (Å²) in [5, 5.41) is 6.54. The lowest BCUT2D eigenvalue weighted by Gasteiger charge is -2.26. The largest absolute Gasteiger partial charge is 0.355 e. The molecule has 0 radical (unpaired) electrons. The number of hydrogen-bond acceptors (Lipinski definition) is 2. The molecule has 0 amide bonds. The third-order valence-electron chi connectivity index (χ3n) is 3.91. The maximum atomic E-state index is 13.1. The lowest BCUT2D eigenvalue weighted by atomic mass is 10.2. The number of aliphatic imine (C=N–C) groups is 1. The van der Waals surface area contributed by atoms with Gasteiger partial charge in [-0.15, -0.1) is 24.0 Å². The number of rotatable bonds is 7. The van der Waals surface area contributed by atoms with Gasteiger partial charge in [0.15, 0.2) is 5.96 Å². The lowest BCUT2D eigenvalue weighted by molar-refractivity contribution is 0.215. The zero-order chi connectivity index (χ0) is 15.9. The Kier molecular flexibility index (Phi) is 8.83. The first-order valence-corrected chi connectivity index (χ1v) is 8.05. The van der Waals surface area contributed by atoms with Gasteiger partial charge in [0.1, 0.15) is 5.82 Å². The van der Waals surface area contributed by atoms with Crippen LogP contribution in [0.5, 0.6) is 0 Å². The van der Waals surface area contributed by atoms with Gasteiger partial charge in [-0.2, -0.15) is 0 Å². The summed E-state index contributed by atoms with van der Waals surface area (Å²) in [4.78, 5) is 6.74. The van der Waals surface area contributed by atoms with Gasteiger partial charge in [-0.25, -0.2) is 4.39 Å². The van der Waals surface area contributed by atoms with E-state index in [0.29, 0.717) is 12.6 Å². The van der Waals surface area contributed by atoms with Crippen LogP contribution in [0.15, 0.2) is 29.3 Å². The molecule has 0 atom stereocenters. The highest BCUT2D eigenvalue weighted by atomic mass is 127. The van der Waals surface area contributed by atoms with Crippen molar-refractivity contribution in [2.45, 2.75) is 45.3 Å². The SMILES string of the molecule is CN=C(NCCN(C(C)C)C1CC1)NCc1cccc(F)c1.I. The second-order valence-electron chi connectivity index (χ2n) is 6.05. The van der Waals surface area contributed by atoms with E-state index in [1.807, 2.05) is 6.07 Å². The van der Waals surface area contributed by atoms with Crippen molar-refractivity contribution in [1.29, 1.82) is 0 Å². The van der Waals surface area contributed by atoms with Crippen LogP contribution in [0.3, 0.4) is 0 Å². The predicted molar refractivity (Wildman–Crippen MR) is 105 cm³/mol. The first-order valence-electron chi connectivity index (χ1n) is 8.05. The van der Waals surface area contributed by atoms with E-state index in [2.05, 4.69) is 34.4 Å². The zero-order valence-electron chi connectivity index (χ0n) is 14.2. The zero-order valence-corrected chi connectivity index (χ0v) is 16.5. The molecule has 0 bridgehead atoms. The molecule has 1 aliphatic rings. The smallest absolute Gasteiger partial charge is 0.191 e. The second kappa shape index (κ2) is 10.1. The molecule has 0 unspecified atom stereocenters. The molecule has 1 saturated carbocycles. The van der Waals surface area contributed by atoms with Crippen LogP contribution in [0, 0.1) is 5.82 Å². The molecule has 6 heteroatoms. The van der Waals surface area contributed by atoms with Gasteiger partial charge in [0, 0.05) is 38.8 Å². The summed E-state index contributed by atoms with van der Waals surface area (Å²) < 4.78 is 13.1. The Morgan fingerprint density at radius 2 is 2.09 bits per heavy atom. The molecular weight excluding hydrogens is 406 g/mol. The molecule has 2 N–H and O–H groups in total. The van der Waals surface area contributed by atoms with Crippen molar-refractivity contribution in [2.75, 3.05) is 20.1 Å². The van der Waals surface area contributed by atoms with Crippen LogP contribution in [-0.2, 0) is 6.54 Å². The molecule has 0 aromatic heterocycles. The Morgan fingerprint density at radius 3 is 2.65 bits per heavy atom. The fourth-order valence-electron chi connectivity index (χ4n) is 2.63. The minimum Gasteiger partial charge on any atom is -0.355 e. The predicted octanol–water partition coefficient (Wildman–Crippen LogP) is 2.98. The summed E-state index contributed by atoms with van der Waals surface area (Å²) in [5.41, 5.74) is 0.907. The van der Waals surface area contributed by atoms with Gasteiger partial charge in [-0.05, 0) is 44.4 Å². The highest BCUT2D eigenvalue weighted by molar-refractivity contribution is 14.0. The van der Waals surface area contributed by atoms with Gasteiger partial charge in [-0.3, -0.25) is 9.89 Å². The maximum absolute atomic E-state index is 13.1. The Morgan fingerprint density at radius 1 is 1.35 bits per heavy atom. The van der Waals surface area contributed by atoms with Gasteiger partial charge in [0.2, 0.25) is 0 Å². The normalized spacial score (nSPS) is 14.8. The summed E-state index contributed by atoms with van der Waals surface area (Å²) >= 11 is 0. The van der Waals surface area contributed by atoms with Crippen molar-refractivity contribution in [3.63, 3.8) is 0 Å². The van der Waals surface area contributed by atoms with Crippen LogP contribution in [0.25, 0.3) is 0 Å². The number of nitrogens with zero attached hydrogens (tertiary/aromatic N) is 2. The van der Waals surface area contributed by atoms with Crippen molar-refractivity contribution >= 4 is 29.9 Å². The minimum atomic E-state index is -0.209. The summed E-state index contributed by atoms with van der Waals surface area (Å²) in [5.74, 6) is 0.544. The van der Waals surface area contributed by atoms with Gasteiger partial charge in [-0.1, -0.05) is 12.1 Å². The number of hydrogen-bond donors (Lipinski definition) is 2. The van der Waals surface area contributed by atoms with E-state index in [0.717, 1.165) is 30.7 Å². The van der Waals surface area contributed by atoms with Crippen molar-refractivity contribution in [2.24, 2.45) is 4.99 Å². The van der Waals surface area contributed by atoms with Crippen LogP contribution in [0.1, 0.15) is 32.3 Å². The first kappa shape index (κ1) is 20.2. The Hall–Kier alpha value is -0.890. The highest BCUT2D eigenvalue weighted by Crippen LogP contribution is 2.27. The van der Waals surface area contributed by atoms with E-state index in [1.165, 1.54) is 25.0 Å². The third-order valence-corrected chi connectivity index (χ3v) is 3.91. The topological polar surface area (TPSA) is 39.7 Å². The quantitative estimate of drug-likeness (QED) is 0.394. The van der Waals surface area contributed by atoms with Gasteiger partial charge < -0.3 is 10.6 Å². The van der Waals surface area contributed by atoms with Crippen molar-refractivity contribution < 1.29 is 4.39 Å². The van der Waals surface area contributed by atoms with Gasteiger partial charge in [0.05, 0.1) is 0 Å². The fraction of sp³-hybridized carbons (Fsp3) is 0.588. The molecule has 0 aliphatic heterocycles. The van der Waals surface area contributed by atoms with Crippen molar-refractivity contribution in [1.82, 2.24) is 15.5 Å². The monoisotopic (exact) mass is 434 g/mol. The maximum Gasteiger partial charge on any atom is 0.191 e. The molecule has 1 aromatic carbocycles. The van der Waals surface area contributed by atoms with Crippen LogP contribution >= 0.6 is 24.0 Å². The molecule has 1 fully saturated rings. The van der Waals surface area contributed by atoms with Crippen molar-refractivity contribution in [3.8, 4) is 0 Å². The van der Waals surface area contributed by atoms with E-state index in [4.69, 9.17) is 0 Å². The average molecular weight is 434 g/mol. The van der Waals surface area contributed by atoms with Gasteiger partial charge in [0.25, 0.3) is 0 Å². The first-order chi connectivity index (χ1) is 10.6. The summed E-state index contributed by atoms with van der Waals surface area (Å²) in [6.45, 7) is 6.93. The minimum absolute atomic E-state index is 0. The lowest BCUT2D eigenvalue weighted by Crippen LogP contribution is -2.43. The Bertz CT molecular complexity index is 501. The molecule has 0 spiro atoms. The second-order valence-corrected chi connectivity index (χ2v) is 6.05. The van der Waals surface area contributed by atoms with Crippen LogP contribution < -0.4 is 10.6 Å². The van der Waals surface area contributed by atoms with Crippen LogP contribution in [0.4, 0.5) is 4.39 Å². The average Bonchev–Trinajstić information content (AvgIpc) is 3.31. The summed E-state index contributed by atoms with van der Waals surface area (Å²) in [6.07, 6.45) is 2.65. The number of halogens is 2. The van der Waals surface area contributed by atoms with E-state index in [1.54, 1.807) is 13.1 Å². The Labute approximate surface area is 156 Å².